The number of methoxy groups -OCH3 is 2. The standard InChI is InChI=1S/C21H22N4O3/c1-4-22-20(26)10-7-14-5-8-15(9-6-14)25-21-16-11-18(27-2)19(28-3)12-17(16)23-13-24-21/h5-13H,4H2,1-3H3,(H,22,26)(H,23,24,25)/b10-7+. The molecule has 0 saturated heterocycles. The van der Waals surface area contributed by atoms with Crippen LogP contribution >= 0.6 is 0 Å². The molecule has 3 aromatic rings. The fourth-order valence-corrected chi connectivity index (χ4v) is 2.70. The van der Waals surface area contributed by atoms with Crippen molar-refractivity contribution < 1.29 is 14.3 Å². The number of hydrogen-bond acceptors (Lipinski definition) is 6. The highest BCUT2D eigenvalue weighted by molar-refractivity contribution is 5.93. The molecule has 0 unspecified atom stereocenters. The maximum atomic E-state index is 11.5. The van der Waals surface area contributed by atoms with Crippen LogP contribution in [0.1, 0.15) is 12.5 Å². The summed E-state index contributed by atoms with van der Waals surface area (Å²) in [5.74, 6) is 1.78. The van der Waals surface area contributed by atoms with E-state index in [9.17, 15) is 4.79 Å². The van der Waals surface area contributed by atoms with Gasteiger partial charge in [0.05, 0.1) is 19.7 Å². The highest BCUT2D eigenvalue weighted by Crippen LogP contribution is 2.34. The first-order chi connectivity index (χ1) is 13.6. The normalized spacial score (nSPS) is 10.8. The summed E-state index contributed by atoms with van der Waals surface area (Å²) >= 11 is 0. The van der Waals surface area contributed by atoms with E-state index in [-0.39, 0.29) is 5.91 Å². The van der Waals surface area contributed by atoms with Gasteiger partial charge in [-0.2, -0.15) is 0 Å². The summed E-state index contributed by atoms with van der Waals surface area (Å²) in [7, 11) is 3.18. The molecule has 7 heteroatoms. The lowest BCUT2D eigenvalue weighted by Crippen LogP contribution is -2.19. The Kier molecular flexibility index (Phi) is 6.06. The van der Waals surface area contributed by atoms with Crippen LogP contribution in [-0.4, -0.2) is 36.6 Å². The molecule has 1 aromatic heterocycles. The van der Waals surface area contributed by atoms with Crippen LogP contribution in [0.15, 0.2) is 48.8 Å². The van der Waals surface area contributed by atoms with E-state index in [1.807, 2.05) is 43.3 Å². The van der Waals surface area contributed by atoms with Crippen LogP contribution in [0.5, 0.6) is 11.5 Å². The molecular weight excluding hydrogens is 356 g/mol. The molecule has 1 heterocycles. The molecule has 0 aliphatic rings. The second-order valence-corrected chi connectivity index (χ2v) is 5.92. The lowest BCUT2D eigenvalue weighted by Gasteiger charge is -2.12. The lowest BCUT2D eigenvalue weighted by atomic mass is 10.1. The third kappa shape index (κ3) is 4.37. The molecule has 0 atom stereocenters. The van der Waals surface area contributed by atoms with Crippen LogP contribution in [0.25, 0.3) is 17.0 Å². The molecule has 0 aliphatic heterocycles. The molecule has 3 rings (SSSR count). The van der Waals surface area contributed by atoms with E-state index in [2.05, 4.69) is 20.6 Å². The molecule has 0 fully saturated rings. The third-order valence-corrected chi connectivity index (χ3v) is 4.09. The van der Waals surface area contributed by atoms with Gasteiger partial charge in [0, 0.05) is 29.8 Å². The molecule has 7 nitrogen and oxygen atoms in total. The first-order valence-electron chi connectivity index (χ1n) is 8.84. The number of fused-ring (bicyclic) bond motifs is 1. The molecule has 28 heavy (non-hydrogen) atoms. The van der Waals surface area contributed by atoms with Gasteiger partial charge in [0.25, 0.3) is 0 Å². The van der Waals surface area contributed by atoms with E-state index in [0.29, 0.717) is 23.9 Å². The van der Waals surface area contributed by atoms with Crippen molar-refractivity contribution in [1.82, 2.24) is 15.3 Å². The number of amides is 1. The minimum Gasteiger partial charge on any atom is -0.493 e. The van der Waals surface area contributed by atoms with Gasteiger partial charge in [-0.1, -0.05) is 12.1 Å². The maximum absolute atomic E-state index is 11.5. The minimum absolute atomic E-state index is 0.110. The number of ether oxygens (including phenoxy) is 2. The summed E-state index contributed by atoms with van der Waals surface area (Å²) < 4.78 is 10.7. The van der Waals surface area contributed by atoms with Crippen LogP contribution in [-0.2, 0) is 4.79 Å². The fraction of sp³-hybridized carbons (Fsp3) is 0.190. The van der Waals surface area contributed by atoms with Crippen LogP contribution in [0.4, 0.5) is 11.5 Å². The van der Waals surface area contributed by atoms with Crippen molar-refractivity contribution in [2.24, 2.45) is 0 Å². The number of carbonyl (C=O) groups is 1. The van der Waals surface area contributed by atoms with Crippen molar-refractivity contribution in [3.05, 3.63) is 54.4 Å². The highest BCUT2D eigenvalue weighted by atomic mass is 16.5. The number of hydrogen-bond donors (Lipinski definition) is 2. The van der Waals surface area contributed by atoms with Crippen molar-refractivity contribution in [2.75, 3.05) is 26.1 Å². The third-order valence-electron chi connectivity index (χ3n) is 4.09. The molecule has 0 aliphatic carbocycles. The molecule has 0 bridgehead atoms. The summed E-state index contributed by atoms with van der Waals surface area (Å²) in [4.78, 5) is 20.2. The Bertz CT molecular complexity index is 1000. The topological polar surface area (TPSA) is 85.4 Å². The molecule has 2 N–H and O–H groups in total. The quantitative estimate of drug-likeness (QED) is 0.612. The zero-order valence-electron chi connectivity index (χ0n) is 16.0. The summed E-state index contributed by atoms with van der Waals surface area (Å²) in [5.41, 5.74) is 2.54. The molecule has 144 valence electrons. The molecule has 1 amide bonds. The summed E-state index contributed by atoms with van der Waals surface area (Å²) in [6, 6.07) is 11.4. The Morgan fingerprint density at radius 1 is 1.07 bits per heavy atom. The first kappa shape index (κ1) is 19.2. The average Bonchev–Trinajstić information content (AvgIpc) is 2.72. The first-order valence-corrected chi connectivity index (χ1v) is 8.84. The van der Waals surface area contributed by atoms with Crippen LogP contribution in [0.3, 0.4) is 0 Å². The molecule has 2 aromatic carbocycles. The molecular formula is C21H22N4O3. The van der Waals surface area contributed by atoms with Crippen molar-refractivity contribution >= 4 is 34.4 Å². The molecule has 0 spiro atoms. The second kappa shape index (κ2) is 8.85. The Balaban J connectivity index is 1.83. The Morgan fingerprint density at radius 3 is 2.46 bits per heavy atom. The van der Waals surface area contributed by atoms with Crippen molar-refractivity contribution in [1.29, 1.82) is 0 Å². The largest absolute Gasteiger partial charge is 0.493 e. The average molecular weight is 378 g/mol. The van der Waals surface area contributed by atoms with Crippen LogP contribution in [0, 0.1) is 0 Å². The van der Waals surface area contributed by atoms with Crippen molar-refractivity contribution in [3.8, 4) is 11.5 Å². The summed E-state index contributed by atoms with van der Waals surface area (Å²) in [6.45, 7) is 2.49. The highest BCUT2D eigenvalue weighted by Gasteiger charge is 2.11. The predicted octanol–water partition coefficient (Wildman–Crippen LogP) is 3.54. The van der Waals surface area contributed by atoms with Gasteiger partial charge in [0.2, 0.25) is 5.91 Å². The van der Waals surface area contributed by atoms with Gasteiger partial charge in [-0.3, -0.25) is 4.79 Å². The van der Waals surface area contributed by atoms with E-state index in [1.54, 1.807) is 20.3 Å². The number of aromatic nitrogens is 2. The summed E-state index contributed by atoms with van der Waals surface area (Å²) in [5, 5.41) is 6.84. The lowest BCUT2D eigenvalue weighted by molar-refractivity contribution is -0.116. The van der Waals surface area contributed by atoms with Gasteiger partial charge in [-0.05, 0) is 36.8 Å². The number of likely N-dealkylation sites (N-methyl/N-ethyl adjacent to an activating group) is 1. The zero-order valence-corrected chi connectivity index (χ0v) is 16.0. The van der Waals surface area contributed by atoms with E-state index in [4.69, 9.17) is 9.47 Å². The smallest absolute Gasteiger partial charge is 0.243 e. The minimum atomic E-state index is -0.110. The Hall–Kier alpha value is -3.61. The Morgan fingerprint density at radius 2 is 1.79 bits per heavy atom. The van der Waals surface area contributed by atoms with Gasteiger partial charge in [0.15, 0.2) is 11.5 Å². The number of benzene rings is 2. The number of carbonyl (C=O) groups excluding carboxylic acids is 1. The number of nitrogens with zero attached hydrogens (tertiary/aromatic N) is 2. The SMILES string of the molecule is CCNC(=O)/C=C/c1ccc(Nc2ncnc3cc(OC)c(OC)cc23)cc1. The van der Waals surface area contributed by atoms with Gasteiger partial charge in [-0.15, -0.1) is 0 Å². The maximum Gasteiger partial charge on any atom is 0.243 e. The van der Waals surface area contributed by atoms with Crippen LogP contribution < -0.4 is 20.1 Å². The van der Waals surface area contributed by atoms with E-state index in [1.165, 1.54) is 12.4 Å². The van der Waals surface area contributed by atoms with Crippen LogP contribution in [0.2, 0.25) is 0 Å². The van der Waals surface area contributed by atoms with Crippen molar-refractivity contribution in [3.63, 3.8) is 0 Å². The predicted molar refractivity (Wildman–Crippen MR) is 110 cm³/mol. The fourth-order valence-electron chi connectivity index (χ4n) is 2.70. The van der Waals surface area contributed by atoms with Crippen molar-refractivity contribution in [2.45, 2.75) is 6.92 Å². The molecule has 0 radical (unpaired) electrons. The second-order valence-electron chi connectivity index (χ2n) is 5.92. The molecule has 0 saturated carbocycles. The zero-order chi connectivity index (χ0) is 19.9. The van der Waals surface area contributed by atoms with E-state index >= 15 is 0 Å². The van der Waals surface area contributed by atoms with E-state index in [0.717, 1.165) is 22.2 Å². The van der Waals surface area contributed by atoms with Gasteiger partial charge in [-0.25, -0.2) is 9.97 Å². The number of rotatable bonds is 7. The number of anilines is 2. The van der Waals surface area contributed by atoms with E-state index < -0.39 is 0 Å². The number of nitrogens with one attached hydrogen (secondary N) is 2. The van der Waals surface area contributed by atoms with Gasteiger partial charge in [0.1, 0.15) is 12.1 Å². The summed E-state index contributed by atoms with van der Waals surface area (Å²) in [6.07, 6.45) is 4.79. The van der Waals surface area contributed by atoms with Gasteiger partial charge >= 0.3 is 0 Å². The van der Waals surface area contributed by atoms with Gasteiger partial charge < -0.3 is 20.1 Å². The monoisotopic (exact) mass is 378 g/mol. The Labute approximate surface area is 163 Å².